The van der Waals surface area contributed by atoms with E-state index in [4.69, 9.17) is 4.74 Å². The van der Waals surface area contributed by atoms with Crippen LogP contribution in [0.25, 0.3) is 0 Å². The van der Waals surface area contributed by atoms with Gasteiger partial charge in [-0.1, -0.05) is 38.1 Å². The highest BCUT2D eigenvalue weighted by Crippen LogP contribution is 2.27. The van der Waals surface area contributed by atoms with Gasteiger partial charge in [-0.05, 0) is 49.7 Å². The number of nitrogens with zero attached hydrogens (tertiary/aromatic N) is 5. The van der Waals surface area contributed by atoms with Crippen LogP contribution in [0.5, 0.6) is 6.01 Å². The Morgan fingerprint density at radius 3 is 2.41 bits per heavy atom. The SMILES string of the molecule is CCC(CC)Oc1nc(NC2CCN(C(C)=O)CC2)cc(C(=O)N2CC[C@@H](N3CCc4ccccc4C3)[C@H](O)C2)n1. The van der Waals surface area contributed by atoms with Crippen LogP contribution in [0.1, 0.15) is 74.5 Å². The van der Waals surface area contributed by atoms with E-state index in [1.807, 2.05) is 4.90 Å². The van der Waals surface area contributed by atoms with Crippen molar-refractivity contribution in [2.75, 3.05) is 38.0 Å². The van der Waals surface area contributed by atoms with Gasteiger partial charge in [-0.15, -0.1) is 0 Å². The summed E-state index contributed by atoms with van der Waals surface area (Å²) in [6.07, 6.45) is 4.23. The summed E-state index contributed by atoms with van der Waals surface area (Å²) in [5.74, 6) is 0.418. The van der Waals surface area contributed by atoms with Crippen LogP contribution in [-0.4, -0.2) is 98.6 Å². The van der Waals surface area contributed by atoms with Crippen molar-refractivity contribution in [2.24, 2.45) is 0 Å². The first-order valence-corrected chi connectivity index (χ1v) is 15.2. The molecule has 2 fully saturated rings. The molecule has 0 unspecified atom stereocenters. The quantitative estimate of drug-likeness (QED) is 0.503. The molecule has 2 aromatic rings. The molecule has 1 aromatic carbocycles. The van der Waals surface area contributed by atoms with Crippen LogP contribution in [0.3, 0.4) is 0 Å². The molecule has 41 heavy (non-hydrogen) atoms. The maximum absolute atomic E-state index is 13.7. The maximum Gasteiger partial charge on any atom is 0.319 e. The molecule has 3 aliphatic heterocycles. The van der Waals surface area contributed by atoms with Crippen LogP contribution < -0.4 is 10.1 Å². The summed E-state index contributed by atoms with van der Waals surface area (Å²) in [5.41, 5.74) is 2.97. The van der Waals surface area contributed by atoms with Crippen molar-refractivity contribution < 1.29 is 19.4 Å². The fourth-order valence-corrected chi connectivity index (χ4v) is 6.31. The Morgan fingerprint density at radius 2 is 1.73 bits per heavy atom. The molecule has 3 aliphatic rings. The summed E-state index contributed by atoms with van der Waals surface area (Å²) in [5, 5.41) is 14.6. The first-order chi connectivity index (χ1) is 19.8. The molecule has 1 aromatic heterocycles. The number of fused-ring (bicyclic) bond motifs is 1. The molecule has 10 nitrogen and oxygen atoms in total. The van der Waals surface area contributed by atoms with E-state index >= 15 is 0 Å². The first-order valence-electron chi connectivity index (χ1n) is 15.2. The van der Waals surface area contributed by atoms with Gasteiger partial charge in [0.25, 0.3) is 5.91 Å². The number of amides is 2. The summed E-state index contributed by atoms with van der Waals surface area (Å²) in [4.78, 5) is 40.5. The Labute approximate surface area is 243 Å². The van der Waals surface area contributed by atoms with E-state index in [1.165, 1.54) is 11.1 Å². The normalized spacial score (nSPS) is 22.0. The zero-order chi connectivity index (χ0) is 28.9. The van der Waals surface area contributed by atoms with E-state index in [0.29, 0.717) is 31.9 Å². The van der Waals surface area contributed by atoms with Gasteiger partial charge in [0.05, 0.1) is 6.10 Å². The van der Waals surface area contributed by atoms with Crippen LogP contribution in [0.15, 0.2) is 30.3 Å². The second kappa shape index (κ2) is 13.2. The highest BCUT2D eigenvalue weighted by molar-refractivity contribution is 5.93. The molecule has 10 heteroatoms. The van der Waals surface area contributed by atoms with E-state index in [-0.39, 0.29) is 48.3 Å². The van der Waals surface area contributed by atoms with Crippen molar-refractivity contribution in [1.82, 2.24) is 24.7 Å². The third kappa shape index (κ3) is 6.98. The summed E-state index contributed by atoms with van der Waals surface area (Å²) in [7, 11) is 0. The summed E-state index contributed by atoms with van der Waals surface area (Å²) in [6.45, 7) is 9.65. The minimum Gasteiger partial charge on any atom is -0.460 e. The lowest BCUT2D eigenvalue weighted by Gasteiger charge is -2.43. The number of benzene rings is 1. The number of ether oxygens (including phenoxy) is 1. The number of rotatable bonds is 8. The number of likely N-dealkylation sites (tertiary alicyclic amines) is 2. The van der Waals surface area contributed by atoms with Crippen LogP contribution >= 0.6 is 0 Å². The minimum atomic E-state index is -0.635. The fraction of sp³-hybridized carbons (Fsp3) is 0.613. The highest BCUT2D eigenvalue weighted by Gasteiger charge is 2.36. The van der Waals surface area contributed by atoms with Gasteiger partial charge >= 0.3 is 6.01 Å². The average molecular weight is 565 g/mol. The smallest absolute Gasteiger partial charge is 0.319 e. The number of piperidine rings is 2. The van der Waals surface area contributed by atoms with E-state index < -0.39 is 6.10 Å². The summed E-state index contributed by atoms with van der Waals surface area (Å²) >= 11 is 0. The van der Waals surface area contributed by atoms with Gasteiger partial charge in [0.1, 0.15) is 17.6 Å². The van der Waals surface area contributed by atoms with Gasteiger partial charge in [0, 0.05) is 64.3 Å². The number of carbonyl (C=O) groups is 2. The Hall–Kier alpha value is -3.24. The van der Waals surface area contributed by atoms with Gasteiger partial charge in [0.2, 0.25) is 5.91 Å². The summed E-state index contributed by atoms with van der Waals surface area (Å²) < 4.78 is 6.07. The van der Waals surface area contributed by atoms with Crippen LogP contribution in [0.4, 0.5) is 5.82 Å². The number of aliphatic hydroxyl groups excluding tert-OH is 1. The zero-order valence-corrected chi connectivity index (χ0v) is 24.6. The standard InChI is InChI=1S/C31H44N6O4/c1-4-25(5-2)41-31-33-26(18-29(34-31)32-24-11-15-35(16-12-24)21(3)38)30(40)37-17-13-27(28(39)20-37)36-14-10-22-8-6-7-9-23(22)19-36/h6-9,18,24-25,27-28,39H,4-5,10-17,19-20H2,1-3H3,(H,32,33,34)/t27-,28-/m1/s1. The largest absolute Gasteiger partial charge is 0.460 e. The van der Waals surface area contributed by atoms with E-state index in [1.54, 1.807) is 17.9 Å². The molecular formula is C31H44N6O4. The van der Waals surface area contributed by atoms with Gasteiger partial charge in [-0.2, -0.15) is 9.97 Å². The molecule has 0 aliphatic carbocycles. The number of carbonyl (C=O) groups excluding carboxylic acids is 2. The van der Waals surface area contributed by atoms with Crippen LogP contribution in [0, 0.1) is 0 Å². The molecule has 222 valence electrons. The van der Waals surface area contributed by atoms with Crippen molar-refractivity contribution >= 4 is 17.6 Å². The Bertz CT molecular complexity index is 1210. The van der Waals surface area contributed by atoms with Gasteiger partial charge in [-0.25, -0.2) is 0 Å². The molecule has 2 amide bonds. The zero-order valence-electron chi connectivity index (χ0n) is 24.6. The first kappa shape index (κ1) is 29.3. The van der Waals surface area contributed by atoms with E-state index in [2.05, 4.69) is 58.3 Å². The van der Waals surface area contributed by atoms with Crippen molar-refractivity contribution in [2.45, 2.75) is 90.1 Å². The number of hydrogen-bond donors (Lipinski definition) is 2. The molecule has 5 rings (SSSR count). The molecule has 0 saturated carbocycles. The number of β-amino-alcohol motifs (C(OH)–C–C–N with tert-alkyl or cyclic N) is 1. The lowest BCUT2D eigenvalue weighted by Crippen LogP contribution is -2.56. The molecular weight excluding hydrogens is 520 g/mol. The maximum atomic E-state index is 13.7. The second-order valence-corrected chi connectivity index (χ2v) is 11.6. The average Bonchev–Trinajstić information content (AvgIpc) is 2.99. The Balaban J connectivity index is 1.27. The van der Waals surface area contributed by atoms with Crippen LogP contribution in [-0.2, 0) is 17.8 Å². The Morgan fingerprint density at radius 1 is 1.02 bits per heavy atom. The monoisotopic (exact) mass is 564 g/mol. The van der Waals surface area contributed by atoms with Gasteiger partial charge in [0.15, 0.2) is 0 Å². The molecule has 2 atom stereocenters. The number of anilines is 1. The van der Waals surface area contributed by atoms with E-state index in [9.17, 15) is 14.7 Å². The molecule has 2 N–H and O–H groups in total. The molecule has 4 heterocycles. The minimum absolute atomic E-state index is 0.0182. The molecule has 0 spiro atoms. The molecule has 0 bridgehead atoms. The predicted octanol–water partition coefficient (Wildman–Crippen LogP) is 3.10. The number of nitrogens with one attached hydrogen (secondary N) is 1. The summed E-state index contributed by atoms with van der Waals surface area (Å²) in [6, 6.07) is 10.5. The third-order valence-corrected chi connectivity index (χ3v) is 8.86. The van der Waals surface area contributed by atoms with E-state index in [0.717, 1.165) is 45.2 Å². The second-order valence-electron chi connectivity index (χ2n) is 11.6. The molecule has 2 saturated heterocycles. The number of hydrogen-bond acceptors (Lipinski definition) is 8. The van der Waals surface area contributed by atoms with Gasteiger partial charge < -0.3 is 25.0 Å². The third-order valence-electron chi connectivity index (χ3n) is 8.86. The lowest BCUT2D eigenvalue weighted by molar-refractivity contribution is -0.129. The van der Waals surface area contributed by atoms with Gasteiger partial charge in [-0.3, -0.25) is 14.5 Å². The fourth-order valence-electron chi connectivity index (χ4n) is 6.31. The topological polar surface area (TPSA) is 111 Å². The predicted molar refractivity (Wildman–Crippen MR) is 157 cm³/mol. The van der Waals surface area contributed by atoms with Crippen molar-refractivity contribution in [3.05, 3.63) is 47.2 Å². The number of aromatic nitrogens is 2. The number of aliphatic hydroxyl groups is 1. The van der Waals surface area contributed by atoms with Crippen molar-refractivity contribution in [1.29, 1.82) is 0 Å². The van der Waals surface area contributed by atoms with Crippen LogP contribution in [0.2, 0.25) is 0 Å². The highest BCUT2D eigenvalue weighted by atomic mass is 16.5. The molecule has 0 radical (unpaired) electrons. The Kier molecular flexibility index (Phi) is 9.39. The van der Waals surface area contributed by atoms with Crippen molar-refractivity contribution in [3.8, 4) is 6.01 Å². The lowest BCUT2D eigenvalue weighted by atomic mass is 9.94. The van der Waals surface area contributed by atoms with Crippen molar-refractivity contribution in [3.63, 3.8) is 0 Å².